The Morgan fingerprint density at radius 2 is 1.74 bits per heavy atom. The van der Waals surface area contributed by atoms with Crippen LogP contribution < -0.4 is 5.32 Å². The van der Waals surface area contributed by atoms with Crippen molar-refractivity contribution in [2.45, 2.75) is 77.3 Å². The van der Waals surface area contributed by atoms with Gasteiger partial charge in [0.05, 0.1) is 5.25 Å². The van der Waals surface area contributed by atoms with Crippen LogP contribution in [0.2, 0.25) is 0 Å². The number of hydrogen-bond donors (Lipinski definition) is 1. The molecule has 0 aromatic heterocycles. The number of hydrogen-bond acceptors (Lipinski definition) is 2. The molecule has 1 fully saturated rings. The smallest absolute Gasteiger partial charge is 0.0506 e. The average Bonchev–Trinajstić information content (AvgIpc) is 2.34. The van der Waals surface area contributed by atoms with Gasteiger partial charge in [0.15, 0.2) is 0 Å². The average molecular weight is 288 g/mol. The van der Waals surface area contributed by atoms with Gasteiger partial charge in [0.2, 0.25) is 0 Å². The molecule has 1 rings (SSSR count). The van der Waals surface area contributed by atoms with Crippen LogP contribution in [0.25, 0.3) is 0 Å². The van der Waals surface area contributed by atoms with E-state index in [0.29, 0.717) is 33.8 Å². The second kappa shape index (κ2) is 6.71. The summed E-state index contributed by atoms with van der Waals surface area (Å²) in [5, 5.41) is 4.02. The van der Waals surface area contributed by atoms with E-state index in [0.717, 1.165) is 6.42 Å². The lowest BCUT2D eigenvalue weighted by atomic mass is 9.71. The van der Waals surface area contributed by atoms with E-state index in [-0.39, 0.29) is 0 Å². The second-order valence-corrected chi connectivity index (χ2v) is 9.59. The molecule has 0 bridgehead atoms. The summed E-state index contributed by atoms with van der Waals surface area (Å²) >= 11 is 0. The Bertz CT molecular complexity index is 308. The molecule has 1 N–H and O–H groups in total. The summed E-state index contributed by atoms with van der Waals surface area (Å²) in [4.78, 5) is 0. The molecule has 5 atom stereocenters. The monoisotopic (exact) mass is 287 g/mol. The third kappa shape index (κ3) is 4.29. The minimum absolute atomic E-state index is 0.291. The molecular weight excluding hydrogens is 254 g/mol. The van der Waals surface area contributed by atoms with E-state index in [1.54, 1.807) is 0 Å². The van der Waals surface area contributed by atoms with Crippen LogP contribution in [0.15, 0.2) is 0 Å². The van der Waals surface area contributed by atoms with Crippen LogP contribution in [0.4, 0.5) is 0 Å². The first-order chi connectivity index (χ1) is 8.68. The van der Waals surface area contributed by atoms with E-state index in [1.807, 2.05) is 7.05 Å². The lowest BCUT2D eigenvalue weighted by Crippen LogP contribution is -2.49. The van der Waals surface area contributed by atoms with Crippen LogP contribution in [0, 0.1) is 17.3 Å². The van der Waals surface area contributed by atoms with Gasteiger partial charge in [-0.25, -0.2) is 0 Å². The SMILES string of the molecule is CNC1CCC(C(C)(C)C)CC1S(=O)C(C)C(C)C. The molecule has 3 heteroatoms. The zero-order valence-corrected chi connectivity index (χ0v) is 14.6. The molecule has 1 saturated carbocycles. The van der Waals surface area contributed by atoms with Crippen molar-refractivity contribution in [3.8, 4) is 0 Å². The first-order valence-electron chi connectivity index (χ1n) is 7.75. The lowest BCUT2D eigenvalue weighted by Gasteiger charge is -2.42. The standard InChI is InChI=1S/C16H33NOS/c1-11(2)12(3)19(18)15-10-13(16(4,5)6)8-9-14(15)17-7/h11-15,17H,8-10H2,1-7H3. The zero-order chi connectivity index (χ0) is 14.8. The lowest BCUT2D eigenvalue weighted by molar-refractivity contribution is 0.165. The fraction of sp³-hybridized carbons (Fsp3) is 1.00. The van der Waals surface area contributed by atoms with Gasteiger partial charge in [-0.3, -0.25) is 4.21 Å². The fourth-order valence-corrected chi connectivity index (χ4v) is 5.15. The third-order valence-corrected chi connectivity index (χ3v) is 7.39. The summed E-state index contributed by atoms with van der Waals surface area (Å²) in [5.41, 5.74) is 0.336. The van der Waals surface area contributed by atoms with Crippen molar-refractivity contribution in [1.29, 1.82) is 0 Å². The van der Waals surface area contributed by atoms with E-state index in [4.69, 9.17) is 0 Å². The molecule has 0 spiro atoms. The molecule has 0 aliphatic heterocycles. The van der Waals surface area contributed by atoms with Gasteiger partial charge in [-0.1, -0.05) is 41.5 Å². The highest BCUT2D eigenvalue weighted by atomic mass is 32.2. The highest BCUT2D eigenvalue weighted by Gasteiger charge is 2.39. The van der Waals surface area contributed by atoms with Crippen LogP contribution in [-0.4, -0.2) is 27.8 Å². The molecule has 0 saturated heterocycles. The Morgan fingerprint density at radius 1 is 1.16 bits per heavy atom. The molecule has 0 aromatic rings. The maximum absolute atomic E-state index is 12.9. The van der Waals surface area contributed by atoms with E-state index in [9.17, 15) is 4.21 Å². The highest BCUT2D eigenvalue weighted by Crippen LogP contribution is 2.40. The van der Waals surface area contributed by atoms with Crippen molar-refractivity contribution in [1.82, 2.24) is 5.32 Å². The third-order valence-electron chi connectivity index (χ3n) is 4.99. The summed E-state index contributed by atoms with van der Waals surface area (Å²) < 4.78 is 12.9. The van der Waals surface area contributed by atoms with Crippen molar-refractivity contribution in [3.05, 3.63) is 0 Å². The molecule has 1 aliphatic rings. The zero-order valence-electron chi connectivity index (χ0n) is 13.8. The molecule has 0 amide bonds. The Morgan fingerprint density at radius 3 is 2.16 bits per heavy atom. The van der Waals surface area contributed by atoms with Gasteiger partial charge in [0.1, 0.15) is 0 Å². The number of rotatable bonds is 4. The predicted molar refractivity (Wildman–Crippen MR) is 85.9 cm³/mol. The Labute approximate surface area is 122 Å². The summed E-state index contributed by atoms with van der Waals surface area (Å²) in [5.74, 6) is 1.19. The van der Waals surface area contributed by atoms with Crippen LogP contribution in [0.5, 0.6) is 0 Å². The van der Waals surface area contributed by atoms with E-state index in [2.05, 4.69) is 46.9 Å². The van der Waals surface area contributed by atoms with Gasteiger partial charge in [-0.15, -0.1) is 0 Å². The summed E-state index contributed by atoms with van der Waals surface area (Å²) in [7, 11) is 1.29. The molecule has 2 nitrogen and oxygen atoms in total. The molecule has 1 aliphatic carbocycles. The summed E-state index contributed by atoms with van der Waals surface area (Å²) in [6.45, 7) is 13.5. The maximum Gasteiger partial charge on any atom is 0.0506 e. The molecule has 19 heavy (non-hydrogen) atoms. The maximum atomic E-state index is 12.9. The molecule has 5 unspecified atom stereocenters. The van der Waals surface area contributed by atoms with Crippen molar-refractivity contribution in [2.24, 2.45) is 17.3 Å². The van der Waals surface area contributed by atoms with E-state index < -0.39 is 10.8 Å². The second-order valence-electron chi connectivity index (χ2n) is 7.59. The van der Waals surface area contributed by atoms with Crippen molar-refractivity contribution >= 4 is 10.8 Å². The Hall–Kier alpha value is 0.110. The quantitative estimate of drug-likeness (QED) is 0.856. The van der Waals surface area contributed by atoms with Crippen LogP contribution >= 0.6 is 0 Å². The Kier molecular flexibility index (Phi) is 6.06. The summed E-state index contributed by atoms with van der Waals surface area (Å²) in [6.07, 6.45) is 3.54. The van der Waals surface area contributed by atoms with Crippen molar-refractivity contribution in [2.75, 3.05) is 7.05 Å². The van der Waals surface area contributed by atoms with Gasteiger partial charge in [-0.05, 0) is 43.6 Å². The molecule has 0 aromatic carbocycles. The van der Waals surface area contributed by atoms with Crippen molar-refractivity contribution < 1.29 is 4.21 Å². The fourth-order valence-electron chi connectivity index (χ4n) is 3.05. The molecular formula is C16H33NOS. The van der Waals surface area contributed by atoms with Crippen molar-refractivity contribution in [3.63, 3.8) is 0 Å². The molecule has 114 valence electrons. The van der Waals surface area contributed by atoms with Crippen LogP contribution in [-0.2, 0) is 10.8 Å². The Balaban J connectivity index is 2.84. The minimum Gasteiger partial charge on any atom is -0.316 e. The van der Waals surface area contributed by atoms with Gasteiger partial charge in [-0.2, -0.15) is 0 Å². The van der Waals surface area contributed by atoms with Gasteiger partial charge >= 0.3 is 0 Å². The topological polar surface area (TPSA) is 29.1 Å². The van der Waals surface area contributed by atoms with Gasteiger partial charge in [0.25, 0.3) is 0 Å². The highest BCUT2D eigenvalue weighted by molar-refractivity contribution is 7.86. The van der Waals surface area contributed by atoms with Gasteiger partial charge < -0.3 is 5.32 Å². The van der Waals surface area contributed by atoms with Crippen LogP contribution in [0.1, 0.15) is 60.8 Å². The number of nitrogens with one attached hydrogen (secondary N) is 1. The first-order valence-corrected chi connectivity index (χ1v) is 9.02. The van der Waals surface area contributed by atoms with E-state index >= 15 is 0 Å². The molecule has 0 heterocycles. The largest absolute Gasteiger partial charge is 0.316 e. The van der Waals surface area contributed by atoms with Gasteiger partial charge in [0, 0.05) is 22.1 Å². The normalized spacial score (nSPS) is 32.3. The predicted octanol–water partition coefficient (Wildman–Crippen LogP) is 3.58. The first kappa shape index (κ1) is 17.2. The van der Waals surface area contributed by atoms with E-state index in [1.165, 1.54) is 12.8 Å². The van der Waals surface area contributed by atoms with Crippen LogP contribution in [0.3, 0.4) is 0 Å². The minimum atomic E-state index is -0.729. The summed E-state index contributed by atoms with van der Waals surface area (Å²) in [6, 6.07) is 0.431. The molecule has 0 radical (unpaired) electrons.